The maximum absolute atomic E-state index is 13.0. The number of benzene rings is 1. The molecule has 0 bridgehead atoms. The van der Waals surface area contributed by atoms with Gasteiger partial charge in [-0.05, 0) is 31.0 Å². The van der Waals surface area contributed by atoms with Gasteiger partial charge in [0, 0.05) is 18.2 Å². The molecule has 0 spiro atoms. The van der Waals surface area contributed by atoms with Gasteiger partial charge in [-0.2, -0.15) is 0 Å². The molecule has 0 unspecified atom stereocenters. The molecule has 1 aromatic carbocycles. The van der Waals surface area contributed by atoms with Gasteiger partial charge in [-0.1, -0.05) is 22.9 Å². The molecule has 0 saturated heterocycles. The molecule has 0 amide bonds. The molecule has 1 aliphatic carbocycles. The molecule has 1 fully saturated rings. The van der Waals surface area contributed by atoms with Crippen LogP contribution in [-0.4, -0.2) is 16.2 Å². The summed E-state index contributed by atoms with van der Waals surface area (Å²) in [6.07, 6.45) is 2.49. The summed E-state index contributed by atoms with van der Waals surface area (Å²) >= 11 is 7.48. The summed E-state index contributed by atoms with van der Waals surface area (Å²) in [5.41, 5.74) is 0.730. The minimum absolute atomic E-state index is 0.344. The Kier molecular flexibility index (Phi) is 3.28. The molecule has 0 aliphatic heterocycles. The second-order valence-electron chi connectivity index (χ2n) is 4.28. The Morgan fingerprint density at radius 2 is 2.22 bits per heavy atom. The van der Waals surface area contributed by atoms with Crippen LogP contribution in [-0.2, 0) is 6.54 Å². The van der Waals surface area contributed by atoms with Crippen molar-refractivity contribution in [3.05, 3.63) is 34.0 Å². The van der Waals surface area contributed by atoms with Crippen molar-refractivity contribution in [1.29, 1.82) is 0 Å². The zero-order chi connectivity index (χ0) is 12.5. The number of hydrogen-bond acceptors (Lipinski definition) is 4. The van der Waals surface area contributed by atoms with E-state index in [1.54, 1.807) is 6.07 Å². The molecule has 3 nitrogen and oxygen atoms in total. The van der Waals surface area contributed by atoms with E-state index in [1.807, 2.05) is 0 Å². The van der Waals surface area contributed by atoms with Crippen molar-refractivity contribution in [2.24, 2.45) is 0 Å². The largest absolute Gasteiger partial charge is 0.308 e. The molecule has 1 heterocycles. The molecule has 18 heavy (non-hydrogen) atoms. The summed E-state index contributed by atoms with van der Waals surface area (Å²) in [6, 6.07) is 4.95. The van der Waals surface area contributed by atoms with Gasteiger partial charge in [-0.15, -0.1) is 10.2 Å². The highest BCUT2D eigenvalue weighted by Gasteiger charge is 2.21. The van der Waals surface area contributed by atoms with Crippen LogP contribution in [0.25, 0.3) is 10.6 Å². The van der Waals surface area contributed by atoms with E-state index >= 15 is 0 Å². The van der Waals surface area contributed by atoms with Gasteiger partial charge in [0.05, 0.1) is 5.02 Å². The quantitative estimate of drug-likeness (QED) is 0.936. The molecule has 3 rings (SSSR count). The maximum atomic E-state index is 13.0. The molecular formula is C12H11ClFN3S. The highest BCUT2D eigenvalue weighted by Crippen LogP contribution is 2.31. The third kappa shape index (κ3) is 2.68. The van der Waals surface area contributed by atoms with E-state index in [2.05, 4.69) is 15.5 Å². The van der Waals surface area contributed by atoms with Crippen molar-refractivity contribution < 1.29 is 4.39 Å². The first kappa shape index (κ1) is 12.0. The van der Waals surface area contributed by atoms with Crippen molar-refractivity contribution in [1.82, 2.24) is 15.5 Å². The van der Waals surface area contributed by atoms with Crippen LogP contribution in [0.3, 0.4) is 0 Å². The van der Waals surface area contributed by atoms with Gasteiger partial charge in [-0.3, -0.25) is 0 Å². The van der Waals surface area contributed by atoms with Crippen LogP contribution in [0, 0.1) is 5.82 Å². The third-order valence-electron chi connectivity index (χ3n) is 2.75. The molecule has 1 N–H and O–H groups in total. The van der Waals surface area contributed by atoms with E-state index in [1.165, 1.54) is 36.3 Å². The third-order valence-corrected chi connectivity index (χ3v) is 4.02. The SMILES string of the molecule is Fc1ccc(-c2nnc(CNC3CC3)s2)c(Cl)c1. The first-order chi connectivity index (χ1) is 8.72. The summed E-state index contributed by atoms with van der Waals surface area (Å²) in [5, 5.41) is 13.6. The van der Waals surface area contributed by atoms with Crippen molar-refractivity contribution in [3.8, 4) is 10.6 Å². The molecule has 2 aromatic rings. The molecule has 6 heteroatoms. The Balaban J connectivity index is 1.78. The van der Waals surface area contributed by atoms with E-state index in [9.17, 15) is 4.39 Å². The molecule has 1 saturated carbocycles. The summed E-state index contributed by atoms with van der Waals surface area (Å²) in [7, 11) is 0. The lowest BCUT2D eigenvalue weighted by Gasteiger charge is -1.99. The first-order valence-corrected chi connectivity index (χ1v) is 6.93. The number of nitrogens with zero attached hydrogens (tertiary/aromatic N) is 2. The van der Waals surface area contributed by atoms with Crippen LogP contribution >= 0.6 is 22.9 Å². The second kappa shape index (κ2) is 4.91. The highest BCUT2D eigenvalue weighted by molar-refractivity contribution is 7.14. The average molecular weight is 284 g/mol. The number of rotatable bonds is 4. The molecule has 0 atom stereocenters. The van der Waals surface area contributed by atoms with Gasteiger partial charge in [0.2, 0.25) is 0 Å². The normalized spacial score (nSPS) is 15.0. The lowest BCUT2D eigenvalue weighted by molar-refractivity contribution is 0.628. The fraction of sp³-hybridized carbons (Fsp3) is 0.333. The van der Waals surface area contributed by atoms with Crippen LogP contribution in [0.4, 0.5) is 4.39 Å². The smallest absolute Gasteiger partial charge is 0.149 e. The number of hydrogen-bond donors (Lipinski definition) is 1. The Morgan fingerprint density at radius 1 is 1.39 bits per heavy atom. The zero-order valence-electron chi connectivity index (χ0n) is 9.49. The van der Waals surface area contributed by atoms with E-state index in [4.69, 9.17) is 11.6 Å². The van der Waals surface area contributed by atoms with Gasteiger partial charge >= 0.3 is 0 Å². The van der Waals surface area contributed by atoms with Gasteiger partial charge in [-0.25, -0.2) is 4.39 Å². The molecule has 0 radical (unpaired) electrons. The van der Waals surface area contributed by atoms with Crippen LogP contribution in [0.2, 0.25) is 5.02 Å². The van der Waals surface area contributed by atoms with Crippen molar-refractivity contribution in [3.63, 3.8) is 0 Å². The standard InChI is InChI=1S/C12H11ClFN3S/c13-10-5-7(14)1-4-9(10)12-17-16-11(18-12)6-15-8-2-3-8/h1,4-5,8,15H,2-3,6H2. The van der Waals surface area contributed by atoms with Gasteiger partial charge in [0.25, 0.3) is 0 Å². The summed E-state index contributed by atoms with van der Waals surface area (Å²) in [6.45, 7) is 0.737. The Hall–Kier alpha value is -1.04. The summed E-state index contributed by atoms with van der Waals surface area (Å²) in [5.74, 6) is -0.344. The van der Waals surface area contributed by atoms with Crippen LogP contribution in [0.1, 0.15) is 17.8 Å². The number of halogens is 2. The fourth-order valence-electron chi connectivity index (χ4n) is 1.62. The average Bonchev–Trinajstić information content (AvgIpc) is 3.05. The predicted octanol–water partition coefficient (Wildman–Crippen LogP) is 3.25. The number of aromatic nitrogens is 2. The maximum Gasteiger partial charge on any atom is 0.149 e. The Morgan fingerprint density at radius 3 is 2.94 bits per heavy atom. The second-order valence-corrected chi connectivity index (χ2v) is 5.75. The van der Waals surface area contributed by atoms with Crippen molar-refractivity contribution in [2.45, 2.75) is 25.4 Å². The minimum atomic E-state index is -0.344. The Bertz CT molecular complexity index is 568. The molecule has 94 valence electrons. The lowest BCUT2D eigenvalue weighted by Crippen LogP contribution is -2.14. The number of nitrogens with one attached hydrogen (secondary N) is 1. The zero-order valence-corrected chi connectivity index (χ0v) is 11.1. The van der Waals surface area contributed by atoms with E-state index in [0.717, 1.165) is 22.1 Å². The summed E-state index contributed by atoms with van der Waals surface area (Å²) in [4.78, 5) is 0. The van der Waals surface area contributed by atoms with E-state index in [0.29, 0.717) is 11.1 Å². The van der Waals surface area contributed by atoms with E-state index in [-0.39, 0.29) is 5.82 Å². The molecular weight excluding hydrogens is 273 g/mol. The van der Waals surface area contributed by atoms with Crippen molar-refractivity contribution >= 4 is 22.9 Å². The highest BCUT2D eigenvalue weighted by atomic mass is 35.5. The molecule has 1 aliphatic rings. The predicted molar refractivity (Wildman–Crippen MR) is 70.2 cm³/mol. The van der Waals surface area contributed by atoms with Crippen LogP contribution < -0.4 is 5.32 Å². The topological polar surface area (TPSA) is 37.8 Å². The van der Waals surface area contributed by atoms with E-state index < -0.39 is 0 Å². The van der Waals surface area contributed by atoms with Crippen LogP contribution in [0.15, 0.2) is 18.2 Å². The van der Waals surface area contributed by atoms with Crippen LogP contribution in [0.5, 0.6) is 0 Å². The first-order valence-electron chi connectivity index (χ1n) is 5.73. The lowest BCUT2D eigenvalue weighted by atomic mass is 10.2. The Labute approximate surface area is 113 Å². The fourth-order valence-corrected chi connectivity index (χ4v) is 2.76. The monoisotopic (exact) mass is 283 g/mol. The van der Waals surface area contributed by atoms with Gasteiger partial charge < -0.3 is 5.32 Å². The van der Waals surface area contributed by atoms with Gasteiger partial charge in [0.1, 0.15) is 15.8 Å². The summed E-state index contributed by atoms with van der Waals surface area (Å²) < 4.78 is 13.0. The van der Waals surface area contributed by atoms with Gasteiger partial charge in [0.15, 0.2) is 0 Å². The van der Waals surface area contributed by atoms with Crippen molar-refractivity contribution in [2.75, 3.05) is 0 Å². The molecule has 1 aromatic heterocycles. The minimum Gasteiger partial charge on any atom is -0.308 e.